The molecule has 6 nitrogen and oxygen atoms in total. The van der Waals surface area contributed by atoms with E-state index in [1.54, 1.807) is 12.1 Å². The van der Waals surface area contributed by atoms with E-state index < -0.39 is 17.9 Å². The van der Waals surface area contributed by atoms with Crippen molar-refractivity contribution in [2.75, 3.05) is 7.05 Å². The molecule has 0 bridgehead atoms. The molecule has 1 rings (SSSR count). The number of nitrogens with zero attached hydrogens (tertiary/aromatic N) is 1. The van der Waals surface area contributed by atoms with Gasteiger partial charge in [-0.25, -0.2) is 0 Å². The largest absolute Gasteiger partial charge is 0.489 e. The zero-order valence-electron chi connectivity index (χ0n) is 12.6. The van der Waals surface area contributed by atoms with Crippen molar-refractivity contribution >= 4 is 23.4 Å². The molecule has 0 fully saturated rings. The zero-order chi connectivity index (χ0) is 16.7. The lowest BCUT2D eigenvalue weighted by Crippen LogP contribution is -2.45. The monoisotopic (exact) mass is 323 g/mol. The number of hydrogen-bond acceptors (Lipinski definition) is 4. The van der Waals surface area contributed by atoms with Gasteiger partial charge in [-0.15, -0.1) is 0 Å². The molecular formula is C15H18ClN3O3. The summed E-state index contributed by atoms with van der Waals surface area (Å²) in [4.78, 5) is 23.7. The average molecular weight is 324 g/mol. The number of halogens is 1. The van der Waals surface area contributed by atoms with Gasteiger partial charge in [0.1, 0.15) is 11.8 Å². The standard InChI is InChI=1S/C15H18ClN3O3/c1-9(2)22-13-5-4-10(8-11(13)16)14(20)19-12(6-7-17)15(21)18-3/h4-5,8-9,12H,6H2,1-3H3,(H,18,21)(H,19,20)/t12-/m0/s1. The minimum Gasteiger partial charge on any atom is -0.489 e. The van der Waals surface area contributed by atoms with Gasteiger partial charge in [0.2, 0.25) is 5.91 Å². The second kappa shape index (κ2) is 8.25. The van der Waals surface area contributed by atoms with E-state index in [-0.39, 0.29) is 18.1 Å². The van der Waals surface area contributed by atoms with Crippen LogP contribution in [-0.2, 0) is 4.79 Å². The second-order valence-corrected chi connectivity index (χ2v) is 5.22. The molecule has 0 spiro atoms. The number of likely N-dealkylation sites (N-methyl/N-ethyl adjacent to an activating group) is 1. The minimum atomic E-state index is -0.909. The summed E-state index contributed by atoms with van der Waals surface area (Å²) < 4.78 is 5.48. The molecule has 2 N–H and O–H groups in total. The molecule has 118 valence electrons. The third-order valence-electron chi connectivity index (χ3n) is 2.72. The first kappa shape index (κ1) is 17.8. The van der Waals surface area contributed by atoms with Crippen molar-refractivity contribution < 1.29 is 14.3 Å². The van der Waals surface area contributed by atoms with E-state index in [2.05, 4.69) is 10.6 Å². The second-order valence-electron chi connectivity index (χ2n) is 4.81. The molecule has 1 aromatic carbocycles. The van der Waals surface area contributed by atoms with Crippen LogP contribution in [0.2, 0.25) is 5.02 Å². The lowest BCUT2D eigenvalue weighted by atomic mass is 10.1. The van der Waals surface area contributed by atoms with Gasteiger partial charge in [-0.2, -0.15) is 5.26 Å². The van der Waals surface area contributed by atoms with Crippen LogP contribution in [0.25, 0.3) is 0 Å². The fraction of sp³-hybridized carbons (Fsp3) is 0.400. The Morgan fingerprint density at radius 1 is 1.41 bits per heavy atom. The molecule has 0 aliphatic carbocycles. The average Bonchev–Trinajstić information content (AvgIpc) is 2.47. The van der Waals surface area contributed by atoms with Crippen LogP contribution < -0.4 is 15.4 Å². The predicted molar refractivity (Wildman–Crippen MR) is 82.8 cm³/mol. The summed E-state index contributed by atoms with van der Waals surface area (Å²) >= 11 is 6.07. The van der Waals surface area contributed by atoms with E-state index in [9.17, 15) is 9.59 Å². The highest BCUT2D eigenvalue weighted by Crippen LogP contribution is 2.26. The molecule has 1 aromatic rings. The van der Waals surface area contributed by atoms with Crippen molar-refractivity contribution in [3.8, 4) is 11.8 Å². The summed E-state index contributed by atoms with van der Waals surface area (Å²) in [5, 5.41) is 13.9. The van der Waals surface area contributed by atoms with Gasteiger partial charge in [-0.3, -0.25) is 9.59 Å². The molecule has 0 heterocycles. The lowest BCUT2D eigenvalue weighted by molar-refractivity contribution is -0.122. The molecule has 1 atom stereocenters. The zero-order valence-corrected chi connectivity index (χ0v) is 13.4. The molecular weight excluding hydrogens is 306 g/mol. The van der Waals surface area contributed by atoms with Crippen molar-refractivity contribution in [2.45, 2.75) is 32.4 Å². The highest BCUT2D eigenvalue weighted by molar-refractivity contribution is 6.32. The lowest BCUT2D eigenvalue weighted by Gasteiger charge is -2.15. The maximum atomic E-state index is 12.1. The number of nitrogens with one attached hydrogen (secondary N) is 2. The molecule has 0 radical (unpaired) electrons. The van der Waals surface area contributed by atoms with E-state index in [0.29, 0.717) is 10.8 Å². The van der Waals surface area contributed by atoms with Crippen LogP contribution >= 0.6 is 11.6 Å². The maximum absolute atomic E-state index is 12.1. The van der Waals surface area contributed by atoms with Crippen LogP contribution in [0.4, 0.5) is 0 Å². The Labute approximate surface area is 134 Å². The normalized spacial score (nSPS) is 11.5. The third-order valence-corrected chi connectivity index (χ3v) is 3.02. The van der Waals surface area contributed by atoms with Crippen molar-refractivity contribution in [3.05, 3.63) is 28.8 Å². The van der Waals surface area contributed by atoms with Gasteiger partial charge in [0.15, 0.2) is 0 Å². The number of carbonyl (C=O) groups excluding carboxylic acids is 2. The summed E-state index contributed by atoms with van der Waals surface area (Å²) in [7, 11) is 1.44. The maximum Gasteiger partial charge on any atom is 0.252 e. The summed E-state index contributed by atoms with van der Waals surface area (Å²) in [6.07, 6.45) is -0.154. The number of carbonyl (C=O) groups is 2. The first-order chi connectivity index (χ1) is 10.4. The van der Waals surface area contributed by atoms with Crippen LogP contribution in [0.5, 0.6) is 5.75 Å². The molecule has 0 aromatic heterocycles. The van der Waals surface area contributed by atoms with E-state index in [1.807, 2.05) is 19.9 Å². The van der Waals surface area contributed by atoms with Crippen LogP contribution in [-0.4, -0.2) is 31.0 Å². The smallest absolute Gasteiger partial charge is 0.252 e. The van der Waals surface area contributed by atoms with Gasteiger partial charge in [0, 0.05) is 12.6 Å². The van der Waals surface area contributed by atoms with E-state index >= 15 is 0 Å². The first-order valence-electron chi connectivity index (χ1n) is 6.74. The molecule has 0 aliphatic rings. The molecule has 0 saturated heterocycles. The van der Waals surface area contributed by atoms with Crippen LogP contribution in [0.3, 0.4) is 0 Å². The number of nitriles is 1. The Morgan fingerprint density at radius 3 is 2.59 bits per heavy atom. The Bertz CT molecular complexity index is 596. The molecule has 0 aliphatic heterocycles. The van der Waals surface area contributed by atoms with Crippen LogP contribution in [0.1, 0.15) is 30.6 Å². The van der Waals surface area contributed by atoms with Crippen LogP contribution in [0.15, 0.2) is 18.2 Å². The molecule has 0 unspecified atom stereocenters. The van der Waals surface area contributed by atoms with Crippen molar-refractivity contribution in [1.82, 2.24) is 10.6 Å². The first-order valence-corrected chi connectivity index (χ1v) is 7.12. The molecule has 0 saturated carbocycles. The van der Waals surface area contributed by atoms with Gasteiger partial charge in [0.05, 0.1) is 23.6 Å². The fourth-order valence-electron chi connectivity index (χ4n) is 1.71. The van der Waals surface area contributed by atoms with Crippen molar-refractivity contribution in [2.24, 2.45) is 0 Å². The summed E-state index contributed by atoms with van der Waals surface area (Å²) in [5.74, 6) is -0.435. The molecule has 7 heteroatoms. The quantitative estimate of drug-likeness (QED) is 0.836. The molecule has 22 heavy (non-hydrogen) atoms. The Morgan fingerprint density at radius 2 is 2.09 bits per heavy atom. The Kier molecular flexibility index (Phi) is 6.67. The Balaban J connectivity index is 2.87. The SMILES string of the molecule is CNC(=O)[C@H](CC#N)NC(=O)c1ccc(OC(C)C)c(Cl)c1. The predicted octanol–water partition coefficient (Wildman–Crippen LogP) is 1.89. The van der Waals surface area contributed by atoms with Crippen molar-refractivity contribution in [3.63, 3.8) is 0 Å². The number of amides is 2. The van der Waals surface area contributed by atoms with E-state index in [0.717, 1.165) is 0 Å². The summed E-state index contributed by atoms with van der Waals surface area (Å²) in [6.45, 7) is 3.74. The van der Waals surface area contributed by atoms with Crippen LogP contribution in [0, 0.1) is 11.3 Å². The number of rotatable bonds is 6. The number of benzene rings is 1. The fourth-order valence-corrected chi connectivity index (χ4v) is 1.93. The van der Waals surface area contributed by atoms with Gasteiger partial charge >= 0.3 is 0 Å². The minimum absolute atomic E-state index is 0.0366. The number of hydrogen-bond donors (Lipinski definition) is 2. The van der Waals surface area contributed by atoms with Crippen molar-refractivity contribution in [1.29, 1.82) is 5.26 Å². The third kappa shape index (κ3) is 4.93. The highest BCUT2D eigenvalue weighted by Gasteiger charge is 2.20. The van der Waals surface area contributed by atoms with E-state index in [4.69, 9.17) is 21.6 Å². The highest BCUT2D eigenvalue weighted by atomic mass is 35.5. The van der Waals surface area contributed by atoms with Gasteiger partial charge < -0.3 is 15.4 Å². The number of ether oxygens (including phenoxy) is 1. The van der Waals surface area contributed by atoms with Gasteiger partial charge in [-0.05, 0) is 32.0 Å². The van der Waals surface area contributed by atoms with E-state index in [1.165, 1.54) is 13.1 Å². The van der Waals surface area contributed by atoms with Gasteiger partial charge in [0.25, 0.3) is 5.91 Å². The summed E-state index contributed by atoms with van der Waals surface area (Å²) in [5.41, 5.74) is 0.285. The topological polar surface area (TPSA) is 91.2 Å². The molecule has 2 amide bonds. The summed E-state index contributed by atoms with van der Waals surface area (Å²) in [6, 6.07) is 5.55. The van der Waals surface area contributed by atoms with Gasteiger partial charge in [-0.1, -0.05) is 11.6 Å². The Hall–Kier alpha value is -2.26.